The third kappa shape index (κ3) is 7.27. The molecule has 9 heteroatoms. The number of alkyl halides is 3. The number of nitrogens with one attached hydrogen (secondary N) is 1. The van der Waals surface area contributed by atoms with Crippen molar-refractivity contribution in [1.29, 1.82) is 0 Å². The zero-order valence-corrected chi connectivity index (χ0v) is 20.0. The van der Waals surface area contributed by atoms with Gasteiger partial charge in [0, 0.05) is 13.1 Å². The van der Waals surface area contributed by atoms with Crippen LogP contribution in [0.2, 0.25) is 0 Å². The van der Waals surface area contributed by atoms with E-state index < -0.39 is 11.7 Å². The minimum Gasteiger partial charge on any atom is -0.447 e. The standard InChI is InChI=1S/C28H25F4N3O2/c1-19(22-5-3-2-4-6-22)33-27(36)25-18-37-26(34-25)17-35(16-21-9-13-24(29)14-10-21)15-20-7-11-23(12-8-20)28(30,31)32/h2-14,18-19H,15-17H2,1H3,(H,33,36)/t19-/m0/s1. The van der Waals surface area contributed by atoms with Crippen LogP contribution < -0.4 is 5.32 Å². The number of nitrogens with zero attached hydrogens (tertiary/aromatic N) is 2. The van der Waals surface area contributed by atoms with Gasteiger partial charge in [0.2, 0.25) is 5.89 Å². The average molecular weight is 512 g/mol. The molecule has 1 atom stereocenters. The van der Waals surface area contributed by atoms with Gasteiger partial charge in [-0.1, -0.05) is 54.6 Å². The Morgan fingerprint density at radius 2 is 1.51 bits per heavy atom. The zero-order valence-electron chi connectivity index (χ0n) is 20.0. The Balaban J connectivity index is 1.47. The minimum absolute atomic E-state index is 0.119. The van der Waals surface area contributed by atoms with Crippen LogP contribution in [0.4, 0.5) is 17.6 Å². The first-order valence-electron chi connectivity index (χ1n) is 11.6. The van der Waals surface area contributed by atoms with Crippen LogP contribution in [0.5, 0.6) is 0 Å². The second-order valence-electron chi connectivity index (χ2n) is 8.70. The van der Waals surface area contributed by atoms with E-state index in [1.165, 1.54) is 30.5 Å². The summed E-state index contributed by atoms with van der Waals surface area (Å²) < 4.78 is 57.7. The molecule has 4 rings (SSSR count). The van der Waals surface area contributed by atoms with Gasteiger partial charge in [-0.2, -0.15) is 13.2 Å². The van der Waals surface area contributed by atoms with Crippen molar-refractivity contribution in [3.8, 4) is 0 Å². The van der Waals surface area contributed by atoms with Crippen LogP contribution in [-0.4, -0.2) is 15.8 Å². The zero-order chi connectivity index (χ0) is 26.4. The van der Waals surface area contributed by atoms with E-state index in [1.807, 2.05) is 42.2 Å². The van der Waals surface area contributed by atoms with Crippen LogP contribution in [0.1, 0.15) is 51.6 Å². The van der Waals surface area contributed by atoms with E-state index in [1.54, 1.807) is 12.1 Å². The molecule has 0 aliphatic carbocycles. The van der Waals surface area contributed by atoms with E-state index in [0.29, 0.717) is 12.1 Å². The van der Waals surface area contributed by atoms with Crippen molar-refractivity contribution in [2.75, 3.05) is 0 Å². The molecule has 4 aromatic rings. The molecule has 0 aliphatic heterocycles. The van der Waals surface area contributed by atoms with Crippen molar-refractivity contribution < 1.29 is 26.8 Å². The first kappa shape index (κ1) is 26.1. The maximum Gasteiger partial charge on any atom is 0.416 e. The highest BCUT2D eigenvalue weighted by Crippen LogP contribution is 2.29. The van der Waals surface area contributed by atoms with Gasteiger partial charge < -0.3 is 9.73 Å². The predicted octanol–water partition coefficient (Wildman–Crippen LogP) is 6.53. The third-order valence-corrected chi connectivity index (χ3v) is 5.80. The molecule has 0 radical (unpaired) electrons. The summed E-state index contributed by atoms with van der Waals surface area (Å²) in [7, 11) is 0. The number of halogens is 4. The number of rotatable bonds is 9. The van der Waals surface area contributed by atoms with Crippen molar-refractivity contribution >= 4 is 5.91 Å². The van der Waals surface area contributed by atoms with Crippen molar-refractivity contribution in [3.63, 3.8) is 0 Å². The fourth-order valence-electron chi connectivity index (χ4n) is 3.85. The highest BCUT2D eigenvalue weighted by atomic mass is 19.4. The maximum atomic E-state index is 13.4. The molecule has 0 bridgehead atoms. The van der Waals surface area contributed by atoms with Crippen LogP contribution >= 0.6 is 0 Å². The van der Waals surface area contributed by atoms with Gasteiger partial charge in [0.1, 0.15) is 12.1 Å². The molecule has 0 saturated heterocycles. The van der Waals surface area contributed by atoms with Gasteiger partial charge >= 0.3 is 6.18 Å². The summed E-state index contributed by atoms with van der Waals surface area (Å²) in [5.74, 6) is -0.489. The fourth-order valence-corrected chi connectivity index (χ4v) is 3.85. The molecular weight excluding hydrogens is 486 g/mol. The van der Waals surface area contributed by atoms with Gasteiger partial charge in [-0.15, -0.1) is 0 Å². The van der Waals surface area contributed by atoms with E-state index in [0.717, 1.165) is 23.3 Å². The Bertz CT molecular complexity index is 1300. The normalized spacial score (nSPS) is 12.5. The molecular formula is C28H25F4N3O2. The van der Waals surface area contributed by atoms with Crippen molar-refractivity contribution in [2.24, 2.45) is 0 Å². The highest BCUT2D eigenvalue weighted by molar-refractivity contribution is 5.92. The Morgan fingerprint density at radius 3 is 2.11 bits per heavy atom. The van der Waals surface area contributed by atoms with Gasteiger partial charge in [0.25, 0.3) is 5.91 Å². The molecule has 1 amide bonds. The molecule has 1 N–H and O–H groups in total. The summed E-state index contributed by atoms with van der Waals surface area (Å²) in [4.78, 5) is 18.9. The Hall–Kier alpha value is -3.98. The number of carbonyl (C=O) groups is 1. The number of hydrogen-bond acceptors (Lipinski definition) is 4. The maximum absolute atomic E-state index is 13.4. The third-order valence-electron chi connectivity index (χ3n) is 5.80. The van der Waals surface area contributed by atoms with Crippen LogP contribution in [0, 0.1) is 5.82 Å². The summed E-state index contributed by atoms with van der Waals surface area (Å²) in [5, 5.41) is 2.88. The van der Waals surface area contributed by atoms with E-state index in [4.69, 9.17) is 4.42 Å². The quantitative estimate of drug-likeness (QED) is 0.260. The number of carbonyl (C=O) groups excluding carboxylic acids is 1. The van der Waals surface area contributed by atoms with Crippen molar-refractivity contribution in [2.45, 2.75) is 38.8 Å². The summed E-state index contributed by atoms with van der Waals surface area (Å²) >= 11 is 0. The molecule has 0 spiro atoms. The van der Waals surface area contributed by atoms with Crippen LogP contribution in [0.15, 0.2) is 89.5 Å². The minimum atomic E-state index is -4.42. The number of benzene rings is 3. The average Bonchev–Trinajstić information content (AvgIpc) is 3.34. The van der Waals surface area contributed by atoms with Gasteiger partial charge in [-0.3, -0.25) is 9.69 Å². The molecule has 0 unspecified atom stereocenters. The molecule has 0 aliphatic rings. The molecule has 1 heterocycles. The lowest BCUT2D eigenvalue weighted by Gasteiger charge is -2.21. The predicted molar refractivity (Wildman–Crippen MR) is 130 cm³/mol. The van der Waals surface area contributed by atoms with Crippen LogP contribution in [0.25, 0.3) is 0 Å². The molecule has 5 nitrogen and oxygen atoms in total. The lowest BCUT2D eigenvalue weighted by molar-refractivity contribution is -0.137. The second-order valence-corrected chi connectivity index (χ2v) is 8.70. The van der Waals surface area contributed by atoms with Gasteiger partial charge in [0.15, 0.2) is 5.69 Å². The van der Waals surface area contributed by atoms with Gasteiger partial charge in [-0.05, 0) is 47.9 Å². The SMILES string of the molecule is C[C@H](NC(=O)c1coc(CN(Cc2ccc(F)cc2)Cc2ccc(C(F)(F)F)cc2)n1)c1ccccc1. The molecule has 192 valence electrons. The lowest BCUT2D eigenvalue weighted by Crippen LogP contribution is -2.27. The number of aromatic nitrogens is 1. The Labute approximate surface area is 211 Å². The van der Waals surface area contributed by atoms with Crippen molar-refractivity contribution in [1.82, 2.24) is 15.2 Å². The second kappa shape index (κ2) is 11.4. The first-order valence-corrected chi connectivity index (χ1v) is 11.6. The lowest BCUT2D eigenvalue weighted by atomic mass is 10.1. The van der Waals surface area contributed by atoms with Crippen LogP contribution in [-0.2, 0) is 25.8 Å². The van der Waals surface area contributed by atoms with E-state index >= 15 is 0 Å². The monoisotopic (exact) mass is 511 g/mol. The smallest absolute Gasteiger partial charge is 0.416 e. The number of amides is 1. The topological polar surface area (TPSA) is 58.4 Å². The highest BCUT2D eigenvalue weighted by Gasteiger charge is 2.30. The summed E-state index contributed by atoms with van der Waals surface area (Å²) in [6, 6.07) is 20.1. The molecule has 0 fully saturated rings. The van der Waals surface area contributed by atoms with Crippen molar-refractivity contribution in [3.05, 3.63) is 125 Å². The summed E-state index contributed by atoms with van der Waals surface area (Å²) in [5.41, 5.74) is 1.79. The molecule has 3 aromatic carbocycles. The Kier molecular flexibility index (Phi) is 8.03. The first-order chi connectivity index (χ1) is 17.7. The van der Waals surface area contributed by atoms with Crippen LogP contribution in [0.3, 0.4) is 0 Å². The van der Waals surface area contributed by atoms with E-state index in [2.05, 4.69) is 10.3 Å². The van der Waals surface area contributed by atoms with E-state index in [9.17, 15) is 22.4 Å². The van der Waals surface area contributed by atoms with Gasteiger partial charge in [-0.25, -0.2) is 9.37 Å². The number of oxazole rings is 1. The molecule has 0 saturated carbocycles. The largest absolute Gasteiger partial charge is 0.447 e. The fraction of sp³-hybridized carbons (Fsp3) is 0.214. The summed E-state index contributed by atoms with van der Waals surface area (Å²) in [6.07, 6.45) is -3.14. The van der Waals surface area contributed by atoms with Gasteiger partial charge in [0.05, 0.1) is 18.2 Å². The Morgan fingerprint density at radius 1 is 0.919 bits per heavy atom. The van der Waals surface area contributed by atoms with E-state index in [-0.39, 0.29) is 42.4 Å². The number of hydrogen-bond donors (Lipinski definition) is 1. The summed E-state index contributed by atoms with van der Waals surface area (Å²) in [6.45, 7) is 2.68. The molecule has 37 heavy (non-hydrogen) atoms. The molecule has 1 aromatic heterocycles.